The predicted octanol–water partition coefficient (Wildman–Crippen LogP) is 3.33. The molecule has 0 radical (unpaired) electrons. The van der Waals surface area contributed by atoms with Crippen LogP contribution >= 0.6 is 0 Å². The number of alkyl halides is 3. The van der Waals surface area contributed by atoms with Gasteiger partial charge in [0.2, 0.25) is 5.91 Å². The van der Waals surface area contributed by atoms with E-state index >= 15 is 0 Å². The van der Waals surface area contributed by atoms with E-state index in [9.17, 15) is 22.8 Å². The quantitative estimate of drug-likeness (QED) is 0.635. The molecule has 25 heavy (non-hydrogen) atoms. The molecule has 0 aromatic carbocycles. The molecule has 0 heterocycles. The first-order valence-corrected chi connectivity index (χ1v) is 8.82. The van der Waals surface area contributed by atoms with Crippen LogP contribution in [0.25, 0.3) is 0 Å². The van der Waals surface area contributed by atoms with Gasteiger partial charge in [-0.2, -0.15) is 13.2 Å². The molecule has 1 fully saturated rings. The van der Waals surface area contributed by atoms with Gasteiger partial charge in [0.1, 0.15) is 0 Å². The molecule has 3 unspecified atom stereocenters. The van der Waals surface area contributed by atoms with Gasteiger partial charge < -0.3 is 14.7 Å². The molecule has 1 rings (SSSR count). The second-order valence-electron chi connectivity index (χ2n) is 6.68. The topological polar surface area (TPSA) is 66.8 Å². The number of carboxylic acid groups (broad SMARTS) is 1. The van der Waals surface area contributed by atoms with E-state index in [1.807, 2.05) is 6.92 Å². The van der Waals surface area contributed by atoms with Crippen LogP contribution in [0.2, 0.25) is 0 Å². The molecule has 8 heteroatoms. The Bertz CT molecular complexity index is 442. The van der Waals surface area contributed by atoms with Gasteiger partial charge in [-0.05, 0) is 32.6 Å². The number of hydrogen-bond acceptors (Lipinski definition) is 3. The van der Waals surface area contributed by atoms with Crippen molar-refractivity contribution in [1.82, 2.24) is 4.90 Å². The third kappa shape index (κ3) is 7.22. The molecule has 0 saturated heterocycles. The van der Waals surface area contributed by atoms with Gasteiger partial charge >= 0.3 is 12.1 Å². The second kappa shape index (κ2) is 9.99. The first-order valence-electron chi connectivity index (χ1n) is 8.82. The van der Waals surface area contributed by atoms with Gasteiger partial charge in [0.15, 0.2) is 0 Å². The summed E-state index contributed by atoms with van der Waals surface area (Å²) in [7, 11) is 0. The van der Waals surface area contributed by atoms with E-state index in [1.165, 1.54) is 11.8 Å². The minimum atomic E-state index is -4.28. The number of ether oxygens (including phenoxy) is 1. The van der Waals surface area contributed by atoms with Crippen LogP contribution in [0.15, 0.2) is 0 Å². The van der Waals surface area contributed by atoms with Crippen LogP contribution in [-0.2, 0) is 14.3 Å². The molecule has 0 spiro atoms. The van der Waals surface area contributed by atoms with Crippen LogP contribution in [0.5, 0.6) is 0 Å². The first-order chi connectivity index (χ1) is 11.7. The van der Waals surface area contributed by atoms with Crippen molar-refractivity contribution in [2.45, 2.75) is 52.1 Å². The zero-order valence-corrected chi connectivity index (χ0v) is 14.8. The van der Waals surface area contributed by atoms with Crippen LogP contribution in [0, 0.1) is 17.8 Å². The molecular weight excluding hydrogens is 339 g/mol. The van der Waals surface area contributed by atoms with Crippen molar-refractivity contribution >= 4 is 11.9 Å². The Kier molecular flexibility index (Phi) is 8.68. The van der Waals surface area contributed by atoms with E-state index < -0.39 is 29.9 Å². The summed E-state index contributed by atoms with van der Waals surface area (Å²) in [5.74, 6) is -4.29. The molecule has 1 aliphatic carbocycles. The fraction of sp³-hybridized carbons (Fsp3) is 0.882. The standard InChI is InChI=1S/C17H28F3NO4/c1-3-25-9-5-8-21(11-12(2)16(23)24)15(22)13-6-4-7-14(10-13)17(18,19)20/h12-14H,3-11H2,1-2H3,(H,23,24). The number of amides is 1. The fourth-order valence-corrected chi connectivity index (χ4v) is 3.17. The van der Waals surface area contributed by atoms with E-state index in [4.69, 9.17) is 9.84 Å². The van der Waals surface area contributed by atoms with Gasteiger partial charge in [-0.1, -0.05) is 13.3 Å². The maximum absolute atomic E-state index is 13.0. The summed E-state index contributed by atoms with van der Waals surface area (Å²) in [4.78, 5) is 25.2. The fourth-order valence-electron chi connectivity index (χ4n) is 3.17. The van der Waals surface area contributed by atoms with Crippen LogP contribution < -0.4 is 0 Å². The van der Waals surface area contributed by atoms with E-state index in [2.05, 4.69) is 0 Å². The smallest absolute Gasteiger partial charge is 0.391 e. The first kappa shape index (κ1) is 21.7. The SMILES string of the molecule is CCOCCCN(CC(C)C(=O)O)C(=O)C1CCCC(C(F)(F)F)C1. The number of rotatable bonds is 9. The van der Waals surface area contributed by atoms with E-state index in [-0.39, 0.29) is 25.3 Å². The third-order valence-electron chi connectivity index (χ3n) is 4.63. The highest BCUT2D eigenvalue weighted by molar-refractivity contribution is 5.80. The summed E-state index contributed by atoms with van der Waals surface area (Å²) in [6, 6.07) is 0. The number of carboxylic acids is 1. The Hall–Kier alpha value is -1.31. The van der Waals surface area contributed by atoms with Crippen molar-refractivity contribution in [1.29, 1.82) is 0 Å². The zero-order chi connectivity index (χ0) is 19.0. The van der Waals surface area contributed by atoms with E-state index in [1.54, 1.807) is 0 Å². The molecule has 146 valence electrons. The zero-order valence-electron chi connectivity index (χ0n) is 14.8. The van der Waals surface area contributed by atoms with Gasteiger partial charge in [-0.3, -0.25) is 9.59 Å². The van der Waals surface area contributed by atoms with Gasteiger partial charge in [0.05, 0.1) is 11.8 Å². The minimum Gasteiger partial charge on any atom is -0.481 e. The van der Waals surface area contributed by atoms with Crippen LogP contribution in [0.1, 0.15) is 46.0 Å². The van der Waals surface area contributed by atoms with E-state index in [0.29, 0.717) is 39.0 Å². The van der Waals surface area contributed by atoms with Gasteiger partial charge in [0.25, 0.3) is 0 Å². The summed E-state index contributed by atoms with van der Waals surface area (Å²) >= 11 is 0. The highest BCUT2D eigenvalue weighted by atomic mass is 19.4. The predicted molar refractivity (Wildman–Crippen MR) is 86.0 cm³/mol. The Morgan fingerprint density at radius 2 is 2.00 bits per heavy atom. The number of carbonyl (C=O) groups excluding carboxylic acids is 1. The lowest BCUT2D eigenvalue weighted by Gasteiger charge is -2.34. The maximum atomic E-state index is 13.0. The average Bonchev–Trinajstić information content (AvgIpc) is 2.56. The van der Waals surface area contributed by atoms with Crippen molar-refractivity contribution in [3.05, 3.63) is 0 Å². The van der Waals surface area contributed by atoms with Gasteiger partial charge in [-0.15, -0.1) is 0 Å². The normalized spacial score (nSPS) is 22.4. The number of halogens is 3. The van der Waals surface area contributed by atoms with E-state index in [0.717, 1.165) is 0 Å². The molecular formula is C17H28F3NO4. The average molecular weight is 367 g/mol. The lowest BCUT2D eigenvalue weighted by molar-refractivity contribution is -0.187. The molecule has 1 amide bonds. The minimum absolute atomic E-state index is 0.00742. The Balaban J connectivity index is 2.73. The Morgan fingerprint density at radius 1 is 1.32 bits per heavy atom. The number of nitrogens with zero attached hydrogens (tertiary/aromatic N) is 1. The molecule has 0 aromatic heterocycles. The highest BCUT2D eigenvalue weighted by Gasteiger charge is 2.44. The number of carbonyl (C=O) groups is 2. The summed E-state index contributed by atoms with van der Waals surface area (Å²) in [6.07, 6.45) is -3.11. The molecule has 0 bridgehead atoms. The van der Waals surface area contributed by atoms with Crippen LogP contribution in [-0.4, -0.2) is 54.4 Å². The van der Waals surface area contributed by atoms with Gasteiger partial charge in [-0.25, -0.2) is 0 Å². The Morgan fingerprint density at radius 3 is 2.56 bits per heavy atom. The lowest BCUT2D eigenvalue weighted by atomic mass is 9.80. The summed E-state index contributed by atoms with van der Waals surface area (Å²) in [5.41, 5.74) is 0. The molecule has 5 nitrogen and oxygen atoms in total. The highest BCUT2D eigenvalue weighted by Crippen LogP contribution is 2.40. The molecule has 3 atom stereocenters. The molecule has 1 saturated carbocycles. The monoisotopic (exact) mass is 367 g/mol. The van der Waals surface area contributed by atoms with Gasteiger partial charge in [0, 0.05) is 32.2 Å². The number of aliphatic carboxylic acids is 1. The Labute approximate surface area is 146 Å². The van der Waals surface area contributed by atoms with Crippen molar-refractivity contribution in [3.63, 3.8) is 0 Å². The molecule has 1 aliphatic rings. The largest absolute Gasteiger partial charge is 0.481 e. The van der Waals surface area contributed by atoms with Crippen LogP contribution in [0.3, 0.4) is 0 Å². The summed E-state index contributed by atoms with van der Waals surface area (Å²) < 4.78 is 44.1. The lowest BCUT2D eigenvalue weighted by Crippen LogP contribution is -2.43. The number of hydrogen-bond donors (Lipinski definition) is 1. The van der Waals surface area contributed by atoms with Crippen molar-refractivity contribution in [3.8, 4) is 0 Å². The molecule has 0 aliphatic heterocycles. The van der Waals surface area contributed by atoms with Crippen LogP contribution in [0.4, 0.5) is 13.2 Å². The molecule has 1 N–H and O–H groups in total. The second-order valence-corrected chi connectivity index (χ2v) is 6.68. The molecule has 0 aromatic rings. The van der Waals surface area contributed by atoms with Crippen molar-refractivity contribution < 1.29 is 32.6 Å². The maximum Gasteiger partial charge on any atom is 0.391 e. The summed E-state index contributed by atoms with van der Waals surface area (Å²) in [5, 5.41) is 9.07. The summed E-state index contributed by atoms with van der Waals surface area (Å²) in [6.45, 7) is 4.60. The van der Waals surface area contributed by atoms with Crippen molar-refractivity contribution in [2.75, 3.05) is 26.3 Å². The third-order valence-corrected chi connectivity index (χ3v) is 4.63. The van der Waals surface area contributed by atoms with Crippen molar-refractivity contribution in [2.24, 2.45) is 17.8 Å².